The number of rotatable bonds is 11. The normalized spacial score (nSPS) is 10.3. The predicted octanol–water partition coefficient (Wildman–Crippen LogP) is 7.55. The maximum atomic E-state index is 12.2. The van der Waals surface area contributed by atoms with Crippen LogP contribution in [0.2, 0.25) is 0 Å². The molecule has 8 nitrogen and oxygen atoms in total. The van der Waals surface area contributed by atoms with Gasteiger partial charge in [-0.15, -0.1) is 0 Å². The van der Waals surface area contributed by atoms with E-state index in [2.05, 4.69) is 12.1 Å². The summed E-state index contributed by atoms with van der Waals surface area (Å²) < 4.78 is 5.04. The highest BCUT2D eigenvalue weighted by Crippen LogP contribution is 2.35. The van der Waals surface area contributed by atoms with Crippen molar-refractivity contribution in [1.82, 2.24) is 0 Å². The van der Waals surface area contributed by atoms with Crippen LogP contribution in [0.5, 0.6) is 0 Å². The van der Waals surface area contributed by atoms with E-state index in [1.165, 1.54) is 6.07 Å². The largest absolute Gasteiger partial charge is 0.463 e. The molecule has 0 bridgehead atoms. The van der Waals surface area contributed by atoms with Crippen molar-refractivity contribution in [3.63, 3.8) is 0 Å². The molecule has 0 radical (unpaired) electrons. The molecule has 0 aliphatic rings. The second-order valence-electron chi connectivity index (χ2n) is 10.0. The molecule has 5 aromatic rings. The summed E-state index contributed by atoms with van der Waals surface area (Å²) in [7, 11) is 0. The van der Waals surface area contributed by atoms with Crippen LogP contribution in [0.1, 0.15) is 27.8 Å². The molecule has 0 spiro atoms. The van der Waals surface area contributed by atoms with Crippen LogP contribution in [-0.4, -0.2) is 11.4 Å². The Morgan fingerprint density at radius 3 is 1.66 bits per heavy atom. The lowest BCUT2D eigenvalue weighted by molar-refractivity contribution is -0.384. The zero-order chi connectivity index (χ0) is 30.9. The zero-order valence-electron chi connectivity index (χ0n) is 23.6. The van der Waals surface area contributed by atoms with Crippen LogP contribution in [-0.2, 0) is 29.2 Å². The first-order chi connectivity index (χ1) is 21.5. The molecule has 0 amide bonds. The van der Waals surface area contributed by atoms with Gasteiger partial charge in [0.05, 0.1) is 28.2 Å². The van der Waals surface area contributed by atoms with Crippen molar-refractivity contribution in [2.24, 2.45) is 0 Å². The maximum absolute atomic E-state index is 12.2. The number of nitro benzene ring substituents is 1. The van der Waals surface area contributed by atoms with Crippen LogP contribution in [0.4, 0.5) is 11.4 Å². The molecule has 8 heteroatoms. The summed E-state index contributed by atoms with van der Waals surface area (Å²) in [6, 6.07) is 39.4. The Bertz CT molecular complexity index is 1790. The smallest absolute Gasteiger partial charge is 0.293 e. The minimum Gasteiger partial charge on any atom is -0.463 e. The van der Waals surface area contributed by atoms with Gasteiger partial charge in [0, 0.05) is 24.7 Å². The lowest BCUT2D eigenvalue weighted by Gasteiger charge is -2.27. The molecule has 5 aromatic carbocycles. The van der Waals surface area contributed by atoms with Crippen molar-refractivity contribution >= 4 is 17.8 Å². The van der Waals surface area contributed by atoms with E-state index in [4.69, 9.17) is 4.74 Å². The number of para-hydroxylation sites is 1. The number of hydrogen-bond donors (Lipinski definition) is 0. The average Bonchev–Trinajstić information content (AvgIpc) is 3.07. The van der Waals surface area contributed by atoms with E-state index in [0.717, 1.165) is 33.4 Å². The van der Waals surface area contributed by atoms with E-state index >= 15 is 0 Å². The van der Waals surface area contributed by atoms with Crippen molar-refractivity contribution in [1.29, 1.82) is 10.5 Å². The second-order valence-corrected chi connectivity index (χ2v) is 10.0. The molecule has 0 atom stereocenters. The third-order valence-corrected chi connectivity index (χ3v) is 7.29. The molecule has 0 saturated carbocycles. The van der Waals surface area contributed by atoms with Gasteiger partial charge < -0.3 is 9.64 Å². The minimum atomic E-state index is -0.434. The van der Waals surface area contributed by atoms with Crippen molar-refractivity contribution in [2.45, 2.75) is 19.7 Å². The molecule has 0 aliphatic heterocycles. The van der Waals surface area contributed by atoms with Gasteiger partial charge >= 0.3 is 0 Å². The summed E-state index contributed by atoms with van der Waals surface area (Å²) in [5.74, 6) is 0. The zero-order valence-corrected chi connectivity index (χ0v) is 23.6. The molecular formula is C36H26N4O4. The lowest BCUT2D eigenvalue weighted by Crippen LogP contribution is -2.24. The summed E-state index contributed by atoms with van der Waals surface area (Å²) in [5, 5.41) is 31.3. The minimum absolute atomic E-state index is 0.101. The van der Waals surface area contributed by atoms with Crippen LogP contribution in [0.15, 0.2) is 115 Å². The van der Waals surface area contributed by atoms with E-state index < -0.39 is 4.92 Å². The number of nitriles is 2. The molecule has 0 fully saturated rings. The first-order valence-electron chi connectivity index (χ1n) is 13.8. The Hall–Kier alpha value is -6.25. The van der Waals surface area contributed by atoms with Gasteiger partial charge in [0.2, 0.25) is 0 Å². The van der Waals surface area contributed by atoms with E-state index in [1.807, 2.05) is 89.8 Å². The molecular weight excluding hydrogens is 552 g/mol. The Kier molecular flexibility index (Phi) is 9.05. The first kappa shape index (κ1) is 29.2. The summed E-state index contributed by atoms with van der Waals surface area (Å²) in [5.41, 5.74) is 7.11. The predicted molar refractivity (Wildman–Crippen MR) is 167 cm³/mol. The van der Waals surface area contributed by atoms with Crippen molar-refractivity contribution < 1.29 is 14.5 Å². The van der Waals surface area contributed by atoms with Gasteiger partial charge in [0.25, 0.3) is 12.2 Å². The van der Waals surface area contributed by atoms with E-state index in [-0.39, 0.29) is 12.3 Å². The molecule has 0 unspecified atom stereocenters. The third-order valence-electron chi connectivity index (χ3n) is 7.29. The third kappa shape index (κ3) is 6.46. The first-order valence-corrected chi connectivity index (χ1v) is 13.8. The number of carbonyl (C=O) groups is 1. The fourth-order valence-corrected chi connectivity index (χ4v) is 5.23. The number of hydrogen-bond acceptors (Lipinski definition) is 7. The van der Waals surface area contributed by atoms with E-state index in [1.54, 1.807) is 24.3 Å². The van der Waals surface area contributed by atoms with Gasteiger partial charge in [-0.05, 0) is 45.5 Å². The monoisotopic (exact) mass is 578 g/mol. The molecule has 0 saturated heterocycles. The van der Waals surface area contributed by atoms with Gasteiger partial charge in [-0.1, -0.05) is 97.1 Å². The molecule has 0 aromatic heterocycles. The highest BCUT2D eigenvalue weighted by Gasteiger charge is 2.24. The number of ether oxygens (including phenoxy) is 1. The van der Waals surface area contributed by atoms with Crippen LogP contribution < -0.4 is 4.90 Å². The highest BCUT2D eigenvalue weighted by molar-refractivity contribution is 5.72. The number of benzene rings is 5. The van der Waals surface area contributed by atoms with E-state index in [9.17, 15) is 25.4 Å². The molecule has 214 valence electrons. The Morgan fingerprint density at radius 2 is 1.20 bits per heavy atom. The Morgan fingerprint density at radius 1 is 0.705 bits per heavy atom. The number of nitro groups is 1. The Labute approximate surface area is 254 Å². The van der Waals surface area contributed by atoms with Gasteiger partial charge in [-0.25, -0.2) is 0 Å². The van der Waals surface area contributed by atoms with Crippen molar-refractivity contribution in [2.75, 3.05) is 4.90 Å². The Balaban J connectivity index is 1.52. The van der Waals surface area contributed by atoms with Gasteiger partial charge in [-0.3, -0.25) is 14.9 Å². The average molecular weight is 579 g/mol. The number of anilines is 1. The number of carbonyl (C=O) groups excluding carboxylic acids is 1. The van der Waals surface area contributed by atoms with Crippen LogP contribution in [0.25, 0.3) is 22.3 Å². The van der Waals surface area contributed by atoms with Crippen LogP contribution in [0, 0.1) is 32.8 Å². The van der Waals surface area contributed by atoms with Gasteiger partial charge in [0.15, 0.2) is 0 Å². The molecule has 0 N–H and O–H groups in total. The molecule has 0 heterocycles. The van der Waals surface area contributed by atoms with Crippen LogP contribution in [0.3, 0.4) is 0 Å². The summed E-state index contributed by atoms with van der Waals surface area (Å²) in [6.07, 6.45) is 0. The number of nitrogens with zero attached hydrogens (tertiary/aromatic N) is 4. The SMILES string of the molecule is N#Cc1ccccc1-c1ccc(CN(Cc2ccc(-c3ccccc3C#N)cc2)c2c(COC=O)cccc2[N+](=O)[O-])cc1. The van der Waals surface area contributed by atoms with Gasteiger partial charge in [0.1, 0.15) is 12.3 Å². The summed E-state index contributed by atoms with van der Waals surface area (Å²) in [6.45, 7) is 0.837. The lowest BCUT2D eigenvalue weighted by atomic mass is 9.98. The quantitative estimate of drug-likeness (QED) is 0.0901. The van der Waals surface area contributed by atoms with Crippen molar-refractivity contribution in [3.05, 3.63) is 153 Å². The summed E-state index contributed by atoms with van der Waals surface area (Å²) >= 11 is 0. The van der Waals surface area contributed by atoms with Crippen LogP contribution >= 0.6 is 0 Å². The fourth-order valence-electron chi connectivity index (χ4n) is 5.23. The molecule has 0 aliphatic carbocycles. The highest BCUT2D eigenvalue weighted by atomic mass is 16.6. The van der Waals surface area contributed by atoms with Crippen molar-refractivity contribution in [3.8, 4) is 34.4 Å². The standard InChI is InChI=1S/C36H26N4O4/c37-20-30-6-1-3-9-33(30)28-16-12-26(13-17-28)22-39(36-32(24-44-25-41)8-5-11-35(36)40(42)43)23-27-14-18-29(19-15-27)34-10-4-2-7-31(34)21-38/h1-19,25H,22-24H2. The summed E-state index contributed by atoms with van der Waals surface area (Å²) in [4.78, 5) is 24.7. The fraction of sp³-hybridized carbons (Fsp3) is 0.0833. The second kappa shape index (κ2) is 13.6. The maximum Gasteiger partial charge on any atom is 0.293 e. The van der Waals surface area contributed by atoms with E-state index in [0.29, 0.717) is 41.9 Å². The molecule has 5 rings (SSSR count). The molecule has 44 heavy (non-hydrogen) atoms. The van der Waals surface area contributed by atoms with Gasteiger partial charge in [-0.2, -0.15) is 10.5 Å². The topological polar surface area (TPSA) is 120 Å².